The van der Waals surface area contributed by atoms with E-state index < -0.39 is 33.9 Å². The van der Waals surface area contributed by atoms with Crippen molar-refractivity contribution in [3.05, 3.63) is 59.7 Å². The van der Waals surface area contributed by atoms with E-state index >= 15 is 0 Å². The van der Waals surface area contributed by atoms with Crippen molar-refractivity contribution < 1.29 is 32.2 Å². The lowest BCUT2D eigenvalue weighted by atomic mass is 9.93. The van der Waals surface area contributed by atoms with E-state index in [0.29, 0.717) is 11.3 Å². The summed E-state index contributed by atoms with van der Waals surface area (Å²) < 4.78 is 43.9. The largest absolute Gasteiger partial charge is 0.497 e. The molecule has 1 atom stereocenters. The molecular weight excluding hydrogens is 422 g/mol. The SMILES string of the molecule is CCOC(=O)C(C(=O)OCC)C(NS(=O)(=O)c1ccc(C)cc1)c1ccc(OC)cc1. The van der Waals surface area contributed by atoms with Gasteiger partial charge in [0.1, 0.15) is 5.75 Å². The standard InChI is InChI=1S/C22H27NO7S/c1-5-29-21(24)19(22(25)30-6-2)20(16-9-11-17(28-4)12-10-16)23-31(26,27)18-13-7-15(3)8-14-18/h7-14,19-20,23H,5-6H2,1-4H3. The van der Waals surface area contributed by atoms with Crippen LogP contribution in [0.2, 0.25) is 0 Å². The number of aryl methyl sites for hydroxylation is 1. The molecule has 31 heavy (non-hydrogen) atoms. The monoisotopic (exact) mass is 449 g/mol. The maximum absolute atomic E-state index is 13.1. The quantitative estimate of drug-likeness (QED) is 0.439. The van der Waals surface area contributed by atoms with Crippen LogP contribution in [-0.2, 0) is 29.1 Å². The van der Waals surface area contributed by atoms with Crippen molar-refractivity contribution in [2.45, 2.75) is 31.7 Å². The zero-order valence-electron chi connectivity index (χ0n) is 18.0. The van der Waals surface area contributed by atoms with Gasteiger partial charge in [0.25, 0.3) is 0 Å². The Morgan fingerprint density at radius 2 is 1.42 bits per heavy atom. The molecule has 0 amide bonds. The van der Waals surface area contributed by atoms with E-state index in [4.69, 9.17) is 14.2 Å². The molecule has 0 aliphatic rings. The Labute approximate surface area is 182 Å². The normalized spacial score (nSPS) is 12.3. The predicted molar refractivity (Wildman–Crippen MR) is 114 cm³/mol. The maximum atomic E-state index is 13.1. The van der Waals surface area contributed by atoms with Crippen molar-refractivity contribution >= 4 is 22.0 Å². The summed E-state index contributed by atoms with van der Waals surface area (Å²) in [6, 6.07) is 11.3. The van der Waals surface area contributed by atoms with Crippen molar-refractivity contribution in [3.8, 4) is 5.75 Å². The van der Waals surface area contributed by atoms with E-state index in [2.05, 4.69) is 4.72 Å². The van der Waals surface area contributed by atoms with Crippen molar-refractivity contribution in [2.24, 2.45) is 5.92 Å². The highest BCUT2D eigenvalue weighted by atomic mass is 32.2. The highest BCUT2D eigenvalue weighted by molar-refractivity contribution is 7.89. The number of benzene rings is 2. The molecule has 8 nitrogen and oxygen atoms in total. The lowest BCUT2D eigenvalue weighted by molar-refractivity contribution is -0.163. The first-order valence-electron chi connectivity index (χ1n) is 9.79. The van der Waals surface area contributed by atoms with Crippen LogP contribution < -0.4 is 9.46 Å². The summed E-state index contributed by atoms with van der Waals surface area (Å²) in [6.45, 7) is 5.07. The molecule has 1 N–H and O–H groups in total. The number of carbonyl (C=O) groups excluding carboxylic acids is 2. The second-order valence-electron chi connectivity index (χ2n) is 6.67. The van der Waals surface area contributed by atoms with Crippen LogP contribution in [0.1, 0.15) is 31.0 Å². The van der Waals surface area contributed by atoms with E-state index in [1.165, 1.54) is 19.2 Å². The molecule has 2 aromatic carbocycles. The van der Waals surface area contributed by atoms with Crippen LogP contribution in [-0.4, -0.2) is 40.7 Å². The van der Waals surface area contributed by atoms with Gasteiger partial charge in [-0.15, -0.1) is 0 Å². The van der Waals surface area contributed by atoms with Crippen molar-refractivity contribution in [1.82, 2.24) is 4.72 Å². The zero-order valence-corrected chi connectivity index (χ0v) is 18.8. The summed E-state index contributed by atoms with van der Waals surface area (Å²) in [4.78, 5) is 25.4. The fourth-order valence-electron chi connectivity index (χ4n) is 2.92. The highest BCUT2D eigenvalue weighted by Crippen LogP contribution is 2.29. The fraction of sp³-hybridized carbons (Fsp3) is 0.364. The molecule has 9 heteroatoms. The number of nitrogens with one attached hydrogen (secondary N) is 1. The highest BCUT2D eigenvalue weighted by Gasteiger charge is 2.41. The number of carbonyl (C=O) groups is 2. The second-order valence-corrected chi connectivity index (χ2v) is 8.38. The molecule has 0 aliphatic heterocycles. The van der Waals surface area contributed by atoms with Gasteiger partial charge in [-0.1, -0.05) is 29.8 Å². The van der Waals surface area contributed by atoms with Crippen molar-refractivity contribution in [2.75, 3.05) is 20.3 Å². The summed E-state index contributed by atoms with van der Waals surface area (Å²) in [5.41, 5.74) is 1.27. The number of rotatable bonds is 10. The molecule has 0 aromatic heterocycles. The van der Waals surface area contributed by atoms with Crippen LogP contribution in [0, 0.1) is 12.8 Å². The average molecular weight is 450 g/mol. The first kappa shape index (κ1) is 24.4. The lowest BCUT2D eigenvalue weighted by Gasteiger charge is -2.25. The van der Waals surface area contributed by atoms with Crippen LogP contribution in [0.3, 0.4) is 0 Å². The van der Waals surface area contributed by atoms with E-state index in [1.807, 2.05) is 6.92 Å². The lowest BCUT2D eigenvalue weighted by Crippen LogP contribution is -2.42. The zero-order chi connectivity index (χ0) is 23.0. The van der Waals surface area contributed by atoms with Gasteiger partial charge in [0, 0.05) is 0 Å². The molecule has 1 unspecified atom stereocenters. The van der Waals surface area contributed by atoms with Crippen LogP contribution in [0.25, 0.3) is 0 Å². The molecule has 2 rings (SSSR count). The van der Waals surface area contributed by atoms with Gasteiger partial charge in [-0.3, -0.25) is 9.59 Å². The topological polar surface area (TPSA) is 108 Å². The molecule has 0 heterocycles. The minimum atomic E-state index is -4.08. The Bertz CT molecular complexity index is 968. The molecule has 0 saturated heterocycles. The van der Waals surface area contributed by atoms with Gasteiger partial charge in [0.15, 0.2) is 5.92 Å². The molecular formula is C22H27NO7S. The van der Waals surface area contributed by atoms with E-state index in [0.717, 1.165) is 5.56 Å². The van der Waals surface area contributed by atoms with E-state index in [1.54, 1.807) is 50.2 Å². The van der Waals surface area contributed by atoms with Crippen molar-refractivity contribution in [3.63, 3.8) is 0 Å². The molecule has 2 aromatic rings. The van der Waals surface area contributed by atoms with Gasteiger partial charge in [-0.05, 0) is 50.6 Å². The Balaban J connectivity index is 2.55. The smallest absolute Gasteiger partial charge is 0.322 e. The number of ether oxygens (including phenoxy) is 3. The molecule has 0 saturated carbocycles. The molecule has 0 bridgehead atoms. The van der Waals surface area contributed by atoms with Crippen LogP contribution in [0.15, 0.2) is 53.4 Å². The van der Waals surface area contributed by atoms with Gasteiger partial charge in [0.2, 0.25) is 10.0 Å². The number of sulfonamides is 1. The third kappa shape index (κ3) is 6.28. The minimum Gasteiger partial charge on any atom is -0.497 e. The number of esters is 2. The summed E-state index contributed by atoms with van der Waals surface area (Å²) in [6.07, 6.45) is 0. The summed E-state index contributed by atoms with van der Waals surface area (Å²) in [5.74, 6) is -2.76. The summed E-state index contributed by atoms with van der Waals surface area (Å²) in [5, 5.41) is 0. The van der Waals surface area contributed by atoms with Gasteiger partial charge in [-0.25, -0.2) is 13.1 Å². The minimum absolute atomic E-state index is 0.00285. The number of hydrogen-bond donors (Lipinski definition) is 1. The fourth-order valence-corrected chi connectivity index (χ4v) is 4.16. The Morgan fingerprint density at radius 1 is 0.903 bits per heavy atom. The van der Waals surface area contributed by atoms with E-state index in [-0.39, 0.29) is 18.1 Å². The van der Waals surface area contributed by atoms with Gasteiger partial charge < -0.3 is 14.2 Å². The molecule has 0 aliphatic carbocycles. The summed E-state index contributed by atoms with van der Waals surface area (Å²) >= 11 is 0. The van der Waals surface area contributed by atoms with Gasteiger partial charge in [0.05, 0.1) is 31.3 Å². The van der Waals surface area contributed by atoms with E-state index in [9.17, 15) is 18.0 Å². The van der Waals surface area contributed by atoms with Crippen LogP contribution in [0.5, 0.6) is 5.75 Å². The first-order valence-corrected chi connectivity index (χ1v) is 11.3. The third-order valence-corrected chi connectivity index (χ3v) is 5.96. The second kappa shape index (κ2) is 10.9. The molecule has 0 radical (unpaired) electrons. The molecule has 0 spiro atoms. The Morgan fingerprint density at radius 3 is 1.87 bits per heavy atom. The maximum Gasteiger partial charge on any atom is 0.322 e. The predicted octanol–water partition coefficient (Wildman–Crippen LogP) is 2.77. The first-order chi connectivity index (χ1) is 14.7. The molecule has 168 valence electrons. The summed E-state index contributed by atoms with van der Waals surface area (Å²) in [7, 11) is -2.59. The molecule has 0 fully saturated rings. The average Bonchev–Trinajstić information content (AvgIpc) is 2.74. The van der Waals surface area contributed by atoms with Crippen molar-refractivity contribution in [1.29, 1.82) is 0 Å². The van der Waals surface area contributed by atoms with Crippen LogP contribution >= 0.6 is 0 Å². The van der Waals surface area contributed by atoms with Crippen LogP contribution in [0.4, 0.5) is 0 Å². The van der Waals surface area contributed by atoms with Gasteiger partial charge in [-0.2, -0.15) is 0 Å². The third-order valence-electron chi connectivity index (χ3n) is 4.50. The number of hydrogen-bond acceptors (Lipinski definition) is 7. The Hall–Kier alpha value is -2.91. The van der Waals surface area contributed by atoms with Gasteiger partial charge >= 0.3 is 11.9 Å². The number of methoxy groups -OCH3 is 1. The Kier molecular flexibility index (Phi) is 8.58.